The van der Waals surface area contributed by atoms with E-state index >= 15 is 0 Å². The summed E-state index contributed by atoms with van der Waals surface area (Å²) >= 11 is 0.858. The van der Waals surface area contributed by atoms with Gasteiger partial charge in [0.2, 0.25) is 6.41 Å². The zero-order valence-electron chi connectivity index (χ0n) is 16.2. The summed E-state index contributed by atoms with van der Waals surface area (Å²) in [5.74, 6) is -0.732. The van der Waals surface area contributed by atoms with E-state index in [1.54, 1.807) is 0 Å². The van der Waals surface area contributed by atoms with Crippen LogP contribution in [-0.4, -0.2) is 26.9 Å². The van der Waals surface area contributed by atoms with Gasteiger partial charge in [0.15, 0.2) is 16.8 Å². The lowest BCUT2D eigenvalue weighted by molar-refractivity contribution is -0.127. The molecule has 30 heavy (non-hydrogen) atoms. The van der Waals surface area contributed by atoms with Gasteiger partial charge in [0, 0.05) is 10.6 Å². The average molecular weight is 468 g/mol. The quantitative estimate of drug-likeness (QED) is 0.463. The van der Waals surface area contributed by atoms with Crippen molar-refractivity contribution in [1.29, 1.82) is 0 Å². The van der Waals surface area contributed by atoms with Crippen LogP contribution in [0, 0.1) is 5.82 Å². The van der Waals surface area contributed by atoms with E-state index in [4.69, 9.17) is 4.79 Å². The number of hydrogen-bond acceptors (Lipinski definition) is 5. The molecule has 0 aromatic carbocycles. The Morgan fingerprint density at radius 1 is 1.33 bits per heavy atom. The number of carbonyl (C=O) groups is 1. The molecule has 166 valence electrons. The van der Waals surface area contributed by atoms with E-state index in [1.807, 2.05) is 0 Å². The van der Waals surface area contributed by atoms with Crippen molar-refractivity contribution in [2.75, 3.05) is 4.72 Å². The van der Waals surface area contributed by atoms with Crippen molar-refractivity contribution >= 4 is 34.4 Å². The van der Waals surface area contributed by atoms with Gasteiger partial charge in [-0.2, -0.15) is 13.2 Å². The van der Waals surface area contributed by atoms with Crippen LogP contribution in [0.3, 0.4) is 0 Å². The molecule has 2 aromatic heterocycles. The molecule has 0 bridgehead atoms. The molecule has 0 saturated heterocycles. The van der Waals surface area contributed by atoms with E-state index in [9.17, 15) is 26.9 Å². The van der Waals surface area contributed by atoms with Crippen molar-refractivity contribution in [2.24, 2.45) is 5.73 Å². The molecule has 2 heterocycles. The molecule has 6 nitrogen and oxygen atoms in total. The molecule has 1 unspecified atom stereocenters. The van der Waals surface area contributed by atoms with Crippen LogP contribution in [0.25, 0.3) is 0 Å². The molecule has 0 aliphatic heterocycles. The fourth-order valence-corrected chi connectivity index (χ4v) is 5.09. The summed E-state index contributed by atoms with van der Waals surface area (Å²) in [6, 6.07) is 2.35. The summed E-state index contributed by atoms with van der Waals surface area (Å²) < 4.78 is 67.5. The molecule has 2 aromatic rings. The van der Waals surface area contributed by atoms with E-state index in [2.05, 4.69) is 15.4 Å². The molecule has 0 fully saturated rings. The predicted octanol–water partition coefficient (Wildman–Crippen LogP) is 3.34. The Morgan fingerprint density at radius 2 is 1.97 bits per heavy atom. The molecule has 1 atom stereocenters. The Labute approximate surface area is 177 Å². The van der Waals surface area contributed by atoms with Crippen LogP contribution in [0.2, 0.25) is 0 Å². The van der Waals surface area contributed by atoms with Gasteiger partial charge in [-0.25, -0.2) is 8.60 Å². The number of thiophene rings is 1. The largest absolute Gasteiger partial charge is 0.394 e. The van der Waals surface area contributed by atoms with E-state index < -0.39 is 35.0 Å². The molecular weight excluding hydrogens is 446 g/mol. The van der Waals surface area contributed by atoms with Gasteiger partial charge < -0.3 is 10.8 Å². The SMILES string of the molecule is CC(C)(O)c1cc(F)c(S(=O)Nc2cc(CC(F)(F)F)nc3c2CCC3)s1.NC=O. The summed E-state index contributed by atoms with van der Waals surface area (Å²) in [7, 11) is -2.01. The van der Waals surface area contributed by atoms with Gasteiger partial charge in [-0.15, -0.1) is 11.3 Å². The average Bonchev–Trinajstić information content (AvgIpc) is 3.20. The maximum atomic E-state index is 14.2. The van der Waals surface area contributed by atoms with Gasteiger partial charge in [-0.1, -0.05) is 0 Å². The number of anilines is 1. The molecule has 1 aliphatic carbocycles. The normalized spacial score (nSPS) is 14.5. The molecular formula is C18H21F4N3O3S2. The van der Waals surface area contributed by atoms with Gasteiger partial charge in [0.1, 0.15) is 4.21 Å². The Hall–Kier alpha value is -2.05. The maximum absolute atomic E-state index is 14.2. The van der Waals surface area contributed by atoms with Crippen LogP contribution in [0.5, 0.6) is 0 Å². The number of halogens is 4. The minimum absolute atomic E-state index is 0.118. The number of pyridine rings is 1. The number of carbonyl (C=O) groups excluding carboxylic acids is 1. The highest BCUT2D eigenvalue weighted by atomic mass is 32.2. The first-order valence-corrected chi connectivity index (χ1v) is 10.8. The molecule has 4 N–H and O–H groups in total. The first-order valence-electron chi connectivity index (χ1n) is 8.80. The highest BCUT2D eigenvalue weighted by Gasteiger charge is 2.31. The van der Waals surface area contributed by atoms with Crippen LogP contribution in [0.15, 0.2) is 16.3 Å². The lowest BCUT2D eigenvalue weighted by Crippen LogP contribution is -2.15. The number of hydrogen-bond donors (Lipinski definition) is 3. The third-order valence-corrected chi connectivity index (χ3v) is 6.97. The summed E-state index contributed by atoms with van der Waals surface area (Å²) in [6.45, 7) is 2.97. The van der Waals surface area contributed by atoms with Gasteiger partial charge in [0.05, 0.1) is 23.4 Å². The second-order valence-corrected chi connectivity index (χ2v) is 9.50. The Balaban J connectivity index is 0.00000101. The number of aryl methyl sites for hydroxylation is 1. The zero-order chi connectivity index (χ0) is 22.7. The van der Waals surface area contributed by atoms with Crippen LogP contribution in [0.1, 0.15) is 42.1 Å². The number of alkyl halides is 3. The number of nitrogens with zero attached hydrogens (tertiary/aromatic N) is 1. The second kappa shape index (κ2) is 9.40. The van der Waals surface area contributed by atoms with Crippen molar-refractivity contribution in [3.63, 3.8) is 0 Å². The fraction of sp³-hybridized carbons (Fsp3) is 0.444. The number of amides is 1. The van der Waals surface area contributed by atoms with Crippen molar-refractivity contribution in [3.8, 4) is 0 Å². The first-order chi connectivity index (χ1) is 13.9. The van der Waals surface area contributed by atoms with Gasteiger partial charge in [-0.3, -0.25) is 14.5 Å². The molecule has 0 radical (unpaired) electrons. The topological polar surface area (TPSA) is 105 Å². The number of primary amides is 1. The zero-order valence-corrected chi connectivity index (χ0v) is 17.8. The molecule has 3 rings (SSSR count). The summed E-state index contributed by atoms with van der Waals surface area (Å²) in [5, 5.41) is 9.98. The minimum Gasteiger partial charge on any atom is -0.385 e. The summed E-state index contributed by atoms with van der Waals surface area (Å²) in [5.41, 5.74) is 4.28. The number of fused-ring (bicyclic) bond motifs is 1. The third kappa shape index (κ3) is 6.22. The number of nitrogens with one attached hydrogen (secondary N) is 1. The van der Waals surface area contributed by atoms with Crippen LogP contribution >= 0.6 is 11.3 Å². The smallest absolute Gasteiger partial charge is 0.385 e. The van der Waals surface area contributed by atoms with Crippen molar-refractivity contribution < 1.29 is 31.7 Å². The Morgan fingerprint density at radius 3 is 2.50 bits per heavy atom. The van der Waals surface area contributed by atoms with E-state index in [0.717, 1.165) is 23.8 Å². The molecule has 1 aliphatic rings. The third-order valence-electron chi connectivity index (χ3n) is 4.11. The van der Waals surface area contributed by atoms with Crippen molar-refractivity contribution in [2.45, 2.75) is 55.5 Å². The van der Waals surface area contributed by atoms with Crippen LogP contribution < -0.4 is 10.5 Å². The van der Waals surface area contributed by atoms with Crippen molar-refractivity contribution in [3.05, 3.63) is 39.8 Å². The highest BCUT2D eigenvalue weighted by molar-refractivity contribution is 7.88. The standard InChI is InChI=1S/C17H18F4N2O2S2.CH3NO/c1-16(2,24)14-7-11(18)15(26-14)27(25)23-13-6-9(8-17(19,20)21)22-12-5-3-4-10(12)13;2-1-3/h6-7,24H,3-5,8H2,1-2H3,(H,22,23);1H,(H2,2,3). The van der Waals surface area contributed by atoms with E-state index in [1.165, 1.54) is 19.9 Å². The maximum Gasteiger partial charge on any atom is 0.394 e. The number of aromatic nitrogens is 1. The molecule has 0 spiro atoms. The Bertz CT molecular complexity index is 940. The first kappa shape index (κ1) is 24.2. The lowest BCUT2D eigenvalue weighted by atomic mass is 10.1. The molecule has 0 saturated carbocycles. The summed E-state index contributed by atoms with van der Waals surface area (Å²) in [6.07, 6.45) is -3.43. The minimum atomic E-state index is -4.41. The van der Waals surface area contributed by atoms with Crippen molar-refractivity contribution in [1.82, 2.24) is 4.98 Å². The van der Waals surface area contributed by atoms with Gasteiger partial charge in [-0.05, 0) is 50.8 Å². The molecule has 12 heteroatoms. The van der Waals surface area contributed by atoms with Gasteiger partial charge >= 0.3 is 6.18 Å². The van der Waals surface area contributed by atoms with E-state index in [0.29, 0.717) is 29.0 Å². The van der Waals surface area contributed by atoms with Gasteiger partial charge in [0.25, 0.3) is 0 Å². The second-order valence-electron chi connectivity index (χ2n) is 7.04. The number of rotatable bonds is 5. The monoisotopic (exact) mass is 467 g/mol. The number of aliphatic hydroxyl groups is 1. The highest BCUT2D eigenvalue weighted by Crippen LogP contribution is 2.35. The Kier molecular flexibility index (Phi) is 7.59. The fourth-order valence-electron chi connectivity index (χ4n) is 2.91. The van der Waals surface area contributed by atoms with Crippen LogP contribution in [-0.2, 0) is 40.6 Å². The summed E-state index contributed by atoms with van der Waals surface area (Å²) in [4.78, 5) is 13.0. The lowest BCUT2D eigenvalue weighted by Gasteiger charge is -2.14. The predicted molar refractivity (Wildman–Crippen MR) is 106 cm³/mol. The van der Waals surface area contributed by atoms with Crippen LogP contribution in [0.4, 0.5) is 23.2 Å². The molecule has 1 amide bonds. The number of nitrogens with two attached hydrogens (primary N) is 1. The van der Waals surface area contributed by atoms with E-state index in [-0.39, 0.29) is 22.0 Å².